The molecule has 1 heterocycles. The molecule has 0 aromatic carbocycles. The number of carbonyl (C=O) groups excluding carboxylic acids is 1. The lowest BCUT2D eigenvalue weighted by atomic mass is 9.89. The van der Waals surface area contributed by atoms with Gasteiger partial charge in [0.1, 0.15) is 13.1 Å². The zero-order valence-corrected chi connectivity index (χ0v) is 11.5. The summed E-state index contributed by atoms with van der Waals surface area (Å²) in [4.78, 5) is 24.3. The first-order chi connectivity index (χ1) is 9.10. The summed E-state index contributed by atoms with van der Waals surface area (Å²) in [5.41, 5.74) is 0. The summed E-state index contributed by atoms with van der Waals surface area (Å²) in [6.07, 6.45) is -3.90. The Labute approximate surface area is 115 Å². The fraction of sp³-hybridized carbons (Fsp3) is 0.833. The molecule has 0 aliphatic carbocycles. The number of urea groups is 1. The summed E-state index contributed by atoms with van der Waals surface area (Å²) in [6, 6.07) is -0.858. The second kappa shape index (κ2) is 6.32. The smallest absolute Gasteiger partial charge is 0.406 e. The highest BCUT2D eigenvalue weighted by molar-refractivity contribution is 5.80. The Hall–Kier alpha value is -1.47. The van der Waals surface area contributed by atoms with E-state index in [1.54, 1.807) is 0 Å². The van der Waals surface area contributed by atoms with Gasteiger partial charge in [0.2, 0.25) is 0 Å². The lowest BCUT2D eigenvalue weighted by Crippen LogP contribution is -2.52. The number of halogens is 3. The zero-order chi connectivity index (χ0) is 15.5. The van der Waals surface area contributed by atoms with Crippen molar-refractivity contribution in [3.8, 4) is 0 Å². The number of hydrogen-bond acceptors (Lipinski definition) is 2. The first-order valence-corrected chi connectivity index (χ1v) is 6.42. The molecule has 1 rings (SSSR count). The average Bonchev–Trinajstić information content (AvgIpc) is 2.28. The molecular weight excluding hydrogens is 277 g/mol. The van der Waals surface area contributed by atoms with Gasteiger partial charge in [-0.1, -0.05) is 13.8 Å². The fourth-order valence-electron chi connectivity index (χ4n) is 2.21. The van der Waals surface area contributed by atoms with Crippen molar-refractivity contribution < 1.29 is 27.9 Å². The summed E-state index contributed by atoms with van der Waals surface area (Å²) in [7, 11) is 0. The van der Waals surface area contributed by atoms with Crippen molar-refractivity contribution >= 4 is 12.0 Å². The summed E-state index contributed by atoms with van der Waals surface area (Å²) in [5.74, 6) is -0.874. The van der Waals surface area contributed by atoms with Crippen molar-refractivity contribution in [2.45, 2.75) is 26.4 Å². The van der Waals surface area contributed by atoms with Crippen LogP contribution in [0.5, 0.6) is 0 Å². The number of piperidine rings is 1. The van der Waals surface area contributed by atoms with Gasteiger partial charge in [0.15, 0.2) is 0 Å². The normalized spacial score (nSPS) is 23.6. The molecule has 1 saturated heterocycles. The molecule has 116 valence electrons. The Morgan fingerprint density at radius 3 is 2.35 bits per heavy atom. The Morgan fingerprint density at radius 2 is 1.90 bits per heavy atom. The number of rotatable bonds is 3. The molecule has 0 bridgehead atoms. The van der Waals surface area contributed by atoms with Crippen LogP contribution in [0.1, 0.15) is 20.3 Å². The number of carboxylic acid groups (broad SMARTS) is 1. The third-order valence-electron chi connectivity index (χ3n) is 3.57. The van der Waals surface area contributed by atoms with Crippen molar-refractivity contribution in [3.05, 3.63) is 0 Å². The van der Waals surface area contributed by atoms with E-state index in [1.807, 2.05) is 13.8 Å². The molecule has 2 unspecified atom stereocenters. The number of amides is 2. The van der Waals surface area contributed by atoms with Gasteiger partial charge >= 0.3 is 18.2 Å². The van der Waals surface area contributed by atoms with Gasteiger partial charge in [-0.3, -0.25) is 4.79 Å². The molecule has 0 radical (unpaired) electrons. The SMILES string of the molecule is CC1CCN(C(=O)N(CC(=O)O)CC(F)(F)F)CC1C. The minimum absolute atomic E-state index is 0.185. The van der Waals surface area contributed by atoms with Crippen LogP contribution < -0.4 is 0 Å². The quantitative estimate of drug-likeness (QED) is 0.867. The third kappa shape index (κ3) is 4.90. The predicted molar refractivity (Wildman–Crippen MR) is 65.2 cm³/mol. The van der Waals surface area contributed by atoms with Crippen LogP contribution in [0.3, 0.4) is 0 Å². The lowest BCUT2D eigenvalue weighted by molar-refractivity contribution is -0.150. The first kappa shape index (κ1) is 16.6. The van der Waals surface area contributed by atoms with E-state index in [9.17, 15) is 22.8 Å². The maximum Gasteiger partial charge on any atom is 0.406 e. The van der Waals surface area contributed by atoms with Crippen LogP contribution in [0.15, 0.2) is 0 Å². The molecule has 0 saturated carbocycles. The maximum atomic E-state index is 12.4. The second-order valence-corrected chi connectivity index (χ2v) is 5.34. The molecule has 0 aromatic heterocycles. The van der Waals surface area contributed by atoms with Gasteiger partial charge in [-0.2, -0.15) is 13.2 Å². The van der Waals surface area contributed by atoms with E-state index in [-0.39, 0.29) is 5.92 Å². The largest absolute Gasteiger partial charge is 0.480 e. The third-order valence-corrected chi connectivity index (χ3v) is 3.57. The minimum atomic E-state index is -4.61. The Kier molecular flexibility index (Phi) is 5.24. The van der Waals surface area contributed by atoms with Crippen LogP contribution in [0.25, 0.3) is 0 Å². The van der Waals surface area contributed by atoms with Crippen LogP contribution in [0.4, 0.5) is 18.0 Å². The monoisotopic (exact) mass is 296 g/mol. The predicted octanol–water partition coefficient (Wildman–Crippen LogP) is 2.03. The van der Waals surface area contributed by atoms with Crippen molar-refractivity contribution in [1.82, 2.24) is 9.80 Å². The number of alkyl halides is 3. The number of aliphatic carboxylic acids is 1. The molecule has 0 spiro atoms. The Morgan fingerprint density at radius 1 is 1.30 bits per heavy atom. The van der Waals surface area contributed by atoms with Crippen LogP contribution in [0, 0.1) is 11.8 Å². The van der Waals surface area contributed by atoms with Gasteiger partial charge in [0.25, 0.3) is 0 Å². The van der Waals surface area contributed by atoms with Crippen molar-refractivity contribution in [2.24, 2.45) is 11.8 Å². The number of likely N-dealkylation sites (tertiary alicyclic amines) is 1. The Balaban J connectivity index is 2.74. The van der Waals surface area contributed by atoms with E-state index in [0.717, 1.165) is 0 Å². The summed E-state index contributed by atoms with van der Waals surface area (Å²) < 4.78 is 37.3. The topological polar surface area (TPSA) is 60.9 Å². The van der Waals surface area contributed by atoms with Crippen LogP contribution in [-0.4, -0.2) is 59.3 Å². The Bertz CT molecular complexity index is 373. The standard InChI is InChI=1S/C12H19F3N2O3/c1-8-3-4-16(5-9(8)2)11(20)17(6-10(18)19)7-12(13,14)15/h8-9H,3-7H2,1-2H3,(H,18,19). The number of hydrogen-bond donors (Lipinski definition) is 1. The fourth-order valence-corrected chi connectivity index (χ4v) is 2.21. The van der Waals surface area contributed by atoms with Gasteiger partial charge < -0.3 is 14.9 Å². The summed E-state index contributed by atoms with van der Waals surface area (Å²) >= 11 is 0. The molecular formula is C12H19F3N2O3. The first-order valence-electron chi connectivity index (χ1n) is 6.42. The van der Waals surface area contributed by atoms with E-state index >= 15 is 0 Å². The molecule has 1 aliphatic heterocycles. The number of carboxylic acids is 1. The highest BCUT2D eigenvalue weighted by Crippen LogP contribution is 2.24. The van der Waals surface area contributed by atoms with Gasteiger partial charge in [0.05, 0.1) is 0 Å². The van der Waals surface area contributed by atoms with Gasteiger partial charge in [-0.15, -0.1) is 0 Å². The van der Waals surface area contributed by atoms with E-state index in [0.29, 0.717) is 30.3 Å². The van der Waals surface area contributed by atoms with E-state index < -0.39 is 31.3 Å². The molecule has 2 atom stereocenters. The van der Waals surface area contributed by atoms with E-state index in [4.69, 9.17) is 5.11 Å². The van der Waals surface area contributed by atoms with E-state index in [2.05, 4.69) is 0 Å². The highest BCUT2D eigenvalue weighted by Gasteiger charge is 2.37. The lowest BCUT2D eigenvalue weighted by Gasteiger charge is -2.38. The van der Waals surface area contributed by atoms with Crippen molar-refractivity contribution in [3.63, 3.8) is 0 Å². The molecule has 20 heavy (non-hydrogen) atoms. The molecule has 1 fully saturated rings. The number of nitrogens with zero attached hydrogens (tertiary/aromatic N) is 2. The maximum absolute atomic E-state index is 12.4. The highest BCUT2D eigenvalue weighted by atomic mass is 19.4. The molecule has 2 amide bonds. The van der Waals surface area contributed by atoms with Crippen LogP contribution >= 0.6 is 0 Å². The summed E-state index contributed by atoms with van der Waals surface area (Å²) in [5, 5.41) is 8.64. The van der Waals surface area contributed by atoms with Crippen LogP contribution in [0.2, 0.25) is 0 Å². The molecule has 8 heteroatoms. The zero-order valence-electron chi connectivity index (χ0n) is 11.5. The average molecular weight is 296 g/mol. The van der Waals surface area contributed by atoms with Crippen molar-refractivity contribution in [1.29, 1.82) is 0 Å². The summed E-state index contributed by atoms with van der Waals surface area (Å²) in [6.45, 7) is 2.18. The number of carbonyl (C=O) groups is 2. The molecule has 0 aromatic rings. The van der Waals surface area contributed by atoms with Gasteiger partial charge in [0, 0.05) is 13.1 Å². The second-order valence-electron chi connectivity index (χ2n) is 5.34. The molecule has 1 aliphatic rings. The van der Waals surface area contributed by atoms with Crippen LogP contribution in [-0.2, 0) is 4.79 Å². The van der Waals surface area contributed by atoms with Crippen molar-refractivity contribution in [2.75, 3.05) is 26.2 Å². The molecule has 1 N–H and O–H groups in total. The van der Waals surface area contributed by atoms with Gasteiger partial charge in [-0.25, -0.2) is 4.79 Å². The van der Waals surface area contributed by atoms with E-state index in [1.165, 1.54) is 4.90 Å². The van der Waals surface area contributed by atoms with Gasteiger partial charge in [-0.05, 0) is 18.3 Å². The minimum Gasteiger partial charge on any atom is -0.480 e. The molecule has 5 nitrogen and oxygen atoms in total.